The van der Waals surface area contributed by atoms with Gasteiger partial charge in [0.1, 0.15) is 6.54 Å². The first-order chi connectivity index (χ1) is 30.8. The zero-order valence-electron chi connectivity index (χ0n) is 42.8. The predicted molar refractivity (Wildman–Crippen MR) is 283 cm³/mol. The van der Waals surface area contributed by atoms with E-state index in [9.17, 15) is 0 Å². The van der Waals surface area contributed by atoms with Crippen LogP contribution in [0.3, 0.4) is 0 Å². The second kappa shape index (κ2) is 48.8. The van der Waals surface area contributed by atoms with Gasteiger partial charge in [0.25, 0.3) is 0 Å². The van der Waals surface area contributed by atoms with Crippen LogP contribution in [0.5, 0.6) is 0 Å². The molecule has 0 heterocycles. The molecule has 0 aromatic heterocycles. The molecule has 0 aliphatic carbocycles. The molecule has 62 heavy (non-hydrogen) atoms. The average molecular weight is 860 g/mol. The van der Waals surface area contributed by atoms with Crippen LogP contribution in [0, 0.1) is 0 Å². The Morgan fingerprint density at radius 1 is 0.274 bits per heavy atom. The molecule has 0 saturated heterocycles. The highest BCUT2D eigenvalue weighted by atomic mass is 15.3. The van der Waals surface area contributed by atoms with Gasteiger partial charge in [-0.1, -0.05) is 299 Å². The van der Waals surface area contributed by atoms with E-state index in [1.807, 2.05) is 0 Å². The summed E-state index contributed by atoms with van der Waals surface area (Å²) in [6, 6.07) is 11.4. The molecule has 0 aliphatic heterocycles. The summed E-state index contributed by atoms with van der Waals surface area (Å²) in [4.78, 5) is 0. The summed E-state index contributed by atoms with van der Waals surface area (Å²) in [5, 5.41) is 0. The van der Waals surface area contributed by atoms with Crippen molar-refractivity contribution in [2.45, 2.75) is 297 Å². The summed E-state index contributed by atoms with van der Waals surface area (Å²) in [6.07, 6.45) is 74.1. The van der Waals surface area contributed by atoms with Crippen LogP contribution in [-0.4, -0.2) is 24.1 Å². The van der Waals surface area contributed by atoms with Crippen molar-refractivity contribution in [3.05, 3.63) is 72.4 Å². The Kier molecular flexibility index (Phi) is 46.0. The average Bonchev–Trinajstić information content (AvgIpc) is 3.29. The van der Waals surface area contributed by atoms with Gasteiger partial charge in [-0.05, 0) is 38.5 Å². The van der Waals surface area contributed by atoms with Gasteiger partial charge in [-0.3, -0.25) is 0 Å². The van der Waals surface area contributed by atoms with Gasteiger partial charge in [0, 0.05) is 24.8 Å². The van der Waals surface area contributed by atoms with Crippen molar-refractivity contribution in [1.82, 2.24) is 0 Å². The molecule has 360 valence electrons. The van der Waals surface area contributed by atoms with E-state index in [0.717, 1.165) is 6.54 Å². The van der Waals surface area contributed by atoms with Crippen LogP contribution in [0.1, 0.15) is 296 Å². The number of hydrogen-bond donors (Lipinski definition) is 0. The molecule has 0 aliphatic rings. The number of rotatable bonds is 50. The highest BCUT2D eigenvalue weighted by Gasteiger charge is 2.26. The Hall–Kier alpha value is -1.60. The van der Waals surface area contributed by atoms with Crippen molar-refractivity contribution in [2.75, 3.05) is 19.6 Å². The SMILES string of the molecule is CCCCCCCCCCCCCC/C=C/CC[N+](CC/C=C/CCCCCCCCCCCCCC)(CC/C=C/CCCCCCCCCCCCCC)Cc1ccccc1. The number of allylic oxidation sites excluding steroid dienone is 3. The number of benzene rings is 1. The van der Waals surface area contributed by atoms with E-state index >= 15 is 0 Å². The summed E-state index contributed by atoms with van der Waals surface area (Å²) in [7, 11) is 0. The van der Waals surface area contributed by atoms with Crippen molar-refractivity contribution in [2.24, 2.45) is 0 Å². The van der Waals surface area contributed by atoms with E-state index in [0.29, 0.717) is 0 Å². The topological polar surface area (TPSA) is 0 Å². The minimum Gasteiger partial charge on any atom is -0.319 e. The molecule has 0 fully saturated rings. The molecule has 1 aromatic rings. The third-order valence-corrected chi connectivity index (χ3v) is 13.8. The Labute approximate surface area is 391 Å². The van der Waals surface area contributed by atoms with E-state index in [-0.39, 0.29) is 0 Å². The van der Waals surface area contributed by atoms with Crippen LogP contribution < -0.4 is 0 Å². The van der Waals surface area contributed by atoms with Crippen LogP contribution in [0.25, 0.3) is 0 Å². The van der Waals surface area contributed by atoms with Gasteiger partial charge >= 0.3 is 0 Å². The Morgan fingerprint density at radius 2 is 0.500 bits per heavy atom. The Bertz CT molecular complexity index is 964. The van der Waals surface area contributed by atoms with Crippen LogP contribution >= 0.6 is 0 Å². The number of nitrogens with zero attached hydrogens (tertiary/aromatic N) is 1. The molecule has 0 atom stereocenters. The normalized spacial score (nSPS) is 12.3. The summed E-state index contributed by atoms with van der Waals surface area (Å²) in [6.45, 7) is 11.9. The molecule has 0 spiro atoms. The van der Waals surface area contributed by atoms with Gasteiger partial charge in [-0.15, -0.1) is 0 Å². The van der Waals surface area contributed by atoms with E-state index in [2.05, 4.69) is 87.6 Å². The quantitative estimate of drug-likeness (QED) is 0.0348. The smallest absolute Gasteiger partial charge is 0.104 e. The van der Waals surface area contributed by atoms with Gasteiger partial charge in [-0.25, -0.2) is 0 Å². The van der Waals surface area contributed by atoms with Crippen molar-refractivity contribution >= 4 is 0 Å². The van der Waals surface area contributed by atoms with E-state index in [1.165, 1.54) is 299 Å². The first-order valence-electron chi connectivity index (χ1n) is 28.6. The molecule has 1 rings (SSSR count). The Balaban J connectivity index is 2.56. The molecule has 0 unspecified atom stereocenters. The maximum absolute atomic E-state index is 2.55. The van der Waals surface area contributed by atoms with Gasteiger partial charge in [0.15, 0.2) is 0 Å². The zero-order chi connectivity index (χ0) is 44.4. The Morgan fingerprint density at radius 3 is 0.758 bits per heavy atom. The van der Waals surface area contributed by atoms with Crippen molar-refractivity contribution in [3.63, 3.8) is 0 Å². The van der Waals surface area contributed by atoms with Gasteiger partial charge in [0.2, 0.25) is 0 Å². The molecule has 1 heteroatoms. The predicted octanol–water partition coefficient (Wildman–Crippen LogP) is 21.1. The molecular formula is C61H112N+. The molecule has 0 amide bonds. The standard InChI is InChI=1S/C61H112N/c1-4-7-10-13-16-19-22-25-28-31-34-37-40-43-46-52-57-62(60-61-55-50-49-51-56-61,58-53-47-44-41-38-35-32-29-26-23-20-17-14-11-8-5-2)59-54-48-45-42-39-36-33-30-27-24-21-18-15-12-9-6-3/h43-51,55-56H,4-42,52-54,57-60H2,1-3H3/q+1/b46-43+,47-44+,48-45+. The minimum atomic E-state index is 1.16. The highest BCUT2D eigenvalue weighted by molar-refractivity contribution is 5.13. The summed E-state index contributed by atoms with van der Waals surface area (Å²) >= 11 is 0. The largest absolute Gasteiger partial charge is 0.319 e. The second-order valence-corrected chi connectivity index (χ2v) is 20.0. The van der Waals surface area contributed by atoms with E-state index in [1.54, 1.807) is 0 Å². The van der Waals surface area contributed by atoms with Crippen LogP contribution in [-0.2, 0) is 6.54 Å². The first kappa shape index (κ1) is 58.4. The lowest BCUT2D eigenvalue weighted by Gasteiger charge is -2.39. The fraction of sp³-hybridized carbons (Fsp3) is 0.803. The second-order valence-electron chi connectivity index (χ2n) is 20.0. The molecule has 0 bridgehead atoms. The molecule has 1 nitrogen and oxygen atoms in total. The summed E-state index contributed by atoms with van der Waals surface area (Å²) < 4.78 is 1.21. The highest BCUT2D eigenvalue weighted by Crippen LogP contribution is 2.21. The summed E-state index contributed by atoms with van der Waals surface area (Å²) in [5.41, 5.74) is 1.51. The van der Waals surface area contributed by atoms with Crippen molar-refractivity contribution in [1.29, 1.82) is 0 Å². The fourth-order valence-electron chi connectivity index (χ4n) is 9.61. The van der Waals surface area contributed by atoms with Crippen LogP contribution in [0.15, 0.2) is 66.8 Å². The van der Waals surface area contributed by atoms with Crippen LogP contribution in [0.2, 0.25) is 0 Å². The van der Waals surface area contributed by atoms with Crippen molar-refractivity contribution < 1.29 is 4.48 Å². The maximum atomic E-state index is 2.55. The van der Waals surface area contributed by atoms with E-state index < -0.39 is 0 Å². The molecule has 1 aromatic carbocycles. The van der Waals surface area contributed by atoms with Crippen molar-refractivity contribution in [3.8, 4) is 0 Å². The monoisotopic (exact) mass is 859 g/mol. The third kappa shape index (κ3) is 41.1. The molecular weight excluding hydrogens is 747 g/mol. The van der Waals surface area contributed by atoms with E-state index in [4.69, 9.17) is 0 Å². The number of unbranched alkanes of at least 4 members (excludes halogenated alkanes) is 36. The van der Waals surface area contributed by atoms with Gasteiger partial charge < -0.3 is 4.48 Å². The third-order valence-electron chi connectivity index (χ3n) is 13.8. The fourth-order valence-corrected chi connectivity index (χ4v) is 9.61. The maximum Gasteiger partial charge on any atom is 0.104 e. The van der Waals surface area contributed by atoms with Gasteiger partial charge in [0.05, 0.1) is 19.6 Å². The molecule has 0 radical (unpaired) electrons. The lowest BCUT2D eigenvalue weighted by Crippen LogP contribution is -2.49. The first-order valence-corrected chi connectivity index (χ1v) is 28.6. The number of hydrogen-bond acceptors (Lipinski definition) is 0. The van der Waals surface area contributed by atoms with Crippen LogP contribution in [0.4, 0.5) is 0 Å². The number of quaternary nitrogens is 1. The molecule has 0 saturated carbocycles. The van der Waals surface area contributed by atoms with Gasteiger partial charge in [-0.2, -0.15) is 0 Å². The zero-order valence-corrected chi connectivity index (χ0v) is 42.8. The summed E-state index contributed by atoms with van der Waals surface area (Å²) in [5.74, 6) is 0. The lowest BCUT2D eigenvalue weighted by molar-refractivity contribution is -0.940. The molecule has 0 N–H and O–H groups in total. The minimum absolute atomic E-state index is 1.16. The lowest BCUT2D eigenvalue weighted by atomic mass is 10.0.